The van der Waals surface area contributed by atoms with Crippen LogP contribution in [0.15, 0.2) is 58.3 Å². The molecule has 1 amide bonds. The van der Waals surface area contributed by atoms with Crippen molar-refractivity contribution in [1.29, 1.82) is 0 Å². The minimum Gasteiger partial charge on any atom is -0.451 e. The molecule has 2 N–H and O–H groups in total. The average molecular weight is 428 g/mol. The highest BCUT2D eigenvalue weighted by Gasteiger charge is 2.18. The van der Waals surface area contributed by atoms with Crippen LogP contribution in [0, 0.1) is 6.92 Å². The van der Waals surface area contributed by atoms with Crippen molar-refractivity contribution in [3.8, 4) is 11.3 Å². The number of aromatic nitrogens is 1. The lowest BCUT2D eigenvalue weighted by atomic mass is 10.1. The number of nitrogens with one attached hydrogen (secondary N) is 2. The number of hydrogen-bond acceptors (Lipinski definition) is 6. The molecule has 2 aromatic carbocycles. The second-order valence-corrected chi connectivity index (χ2v) is 9.10. The Labute approximate surface area is 171 Å². The van der Waals surface area contributed by atoms with Crippen molar-refractivity contribution >= 4 is 49.1 Å². The van der Waals surface area contributed by atoms with Crippen molar-refractivity contribution < 1.29 is 17.6 Å². The van der Waals surface area contributed by atoms with Gasteiger partial charge in [-0.1, -0.05) is 30.3 Å². The van der Waals surface area contributed by atoms with Crippen molar-refractivity contribution in [3.05, 3.63) is 65.2 Å². The van der Waals surface area contributed by atoms with Crippen LogP contribution in [-0.4, -0.2) is 25.6 Å². The number of carbonyl (C=O) groups excluding carboxylic acids is 1. The average Bonchev–Trinajstić information content (AvgIpc) is 3.26. The zero-order chi connectivity index (χ0) is 20.6. The Morgan fingerprint density at radius 2 is 1.83 bits per heavy atom. The molecule has 0 aliphatic heterocycles. The summed E-state index contributed by atoms with van der Waals surface area (Å²) in [5.74, 6) is -0.0912. The van der Waals surface area contributed by atoms with Crippen LogP contribution in [0.5, 0.6) is 0 Å². The second kappa shape index (κ2) is 7.34. The van der Waals surface area contributed by atoms with Crippen LogP contribution in [0.4, 0.5) is 10.8 Å². The normalized spacial score (nSPS) is 11.5. The summed E-state index contributed by atoms with van der Waals surface area (Å²) in [6, 6.07) is 14.3. The van der Waals surface area contributed by atoms with Gasteiger partial charge in [-0.05, 0) is 25.1 Å². The van der Waals surface area contributed by atoms with E-state index in [2.05, 4.69) is 15.0 Å². The first kappa shape index (κ1) is 19.2. The molecule has 0 bridgehead atoms. The van der Waals surface area contributed by atoms with E-state index in [4.69, 9.17) is 4.42 Å². The molecule has 0 unspecified atom stereocenters. The van der Waals surface area contributed by atoms with E-state index in [9.17, 15) is 13.2 Å². The van der Waals surface area contributed by atoms with Crippen molar-refractivity contribution in [1.82, 2.24) is 4.98 Å². The van der Waals surface area contributed by atoms with Crippen molar-refractivity contribution in [2.45, 2.75) is 6.92 Å². The highest BCUT2D eigenvalue weighted by atomic mass is 32.2. The lowest BCUT2D eigenvalue weighted by molar-refractivity contribution is 0.0998. The van der Waals surface area contributed by atoms with Gasteiger partial charge in [-0.25, -0.2) is 13.4 Å². The topological polar surface area (TPSA) is 101 Å². The fraction of sp³-hybridized carbons (Fsp3) is 0.100. The summed E-state index contributed by atoms with van der Waals surface area (Å²) >= 11 is 1.30. The SMILES string of the molecule is Cc1c(C(=O)Nc2nc(-c3ccc(NS(C)(=O)=O)cc3)cs2)oc2ccccc12. The fourth-order valence-electron chi connectivity index (χ4n) is 2.93. The maximum Gasteiger partial charge on any atom is 0.293 e. The van der Waals surface area contributed by atoms with Crippen molar-refractivity contribution in [2.24, 2.45) is 0 Å². The molecule has 4 rings (SSSR count). The Morgan fingerprint density at radius 1 is 1.10 bits per heavy atom. The molecule has 4 aromatic rings. The van der Waals surface area contributed by atoms with Gasteiger partial charge in [0, 0.05) is 27.6 Å². The number of sulfonamides is 1. The molecule has 0 saturated carbocycles. The number of anilines is 2. The summed E-state index contributed by atoms with van der Waals surface area (Å²) in [4.78, 5) is 17.1. The van der Waals surface area contributed by atoms with Crippen LogP contribution in [0.1, 0.15) is 16.1 Å². The molecule has 2 aromatic heterocycles. The van der Waals surface area contributed by atoms with Gasteiger partial charge < -0.3 is 4.42 Å². The summed E-state index contributed by atoms with van der Waals surface area (Å²) in [5.41, 5.74) is 3.40. The monoisotopic (exact) mass is 427 g/mol. The highest BCUT2D eigenvalue weighted by Crippen LogP contribution is 2.28. The number of para-hydroxylation sites is 1. The minimum atomic E-state index is -3.32. The van der Waals surface area contributed by atoms with Gasteiger partial charge in [-0.2, -0.15) is 0 Å². The number of aryl methyl sites for hydroxylation is 1. The van der Waals surface area contributed by atoms with Crippen LogP contribution >= 0.6 is 11.3 Å². The molecule has 0 spiro atoms. The molecule has 148 valence electrons. The van der Waals surface area contributed by atoms with Gasteiger partial charge in [-0.15, -0.1) is 11.3 Å². The lowest BCUT2D eigenvalue weighted by Gasteiger charge is -2.04. The number of carbonyl (C=O) groups is 1. The van der Waals surface area contributed by atoms with E-state index in [0.29, 0.717) is 22.1 Å². The van der Waals surface area contributed by atoms with E-state index in [1.807, 2.05) is 36.6 Å². The van der Waals surface area contributed by atoms with Gasteiger partial charge in [-0.3, -0.25) is 14.8 Å². The number of nitrogens with zero attached hydrogens (tertiary/aromatic N) is 1. The quantitative estimate of drug-likeness (QED) is 0.489. The first-order valence-electron chi connectivity index (χ1n) is 8.63. The van der Waals surface area contributed by atoms with Crippen LogP contribution in [0.3, 0.4) is 0 Å². The lowest BCUT2D eigenvalue weighted by Crippen LogP contribution is -2.11. The zero-order valence-corrected chi connectivity index (χ0v) is 17.2. The number of benzene rings is 2. The molecule has 0 aliphatic rings. The molecule has 0 aliphatic carbocycles. The minimum absolute atomic E-state index is 0.263. The van der Waals surface area contributed by atoms with Gasteiger partial charge >= 0.3 is 0 Å². The first-order chi connectivity index (χ1) is 13.8. The number of furan rings is 1. The fourth-order valence-corrected chi connectivity index (χ4v) is 4.21. The molecule has 29 heavy (non-hydrogen) atoms. The molecule has 0 fully saturated rings. The Bertz CT molecular complexity index is 1310. The number of rotatable bonds is 5. The summed E-state index contributed by atoms with van der Waals surface area (Å²) in [5, 5.41) is 5.95. The van der Waals surface area contributed by atoms with E-state index < -0.39 is 10.0 Å². The standard InChI is InChI=1S/C20H17N3O4S2/c1-12-15-5-3-4-6-17(15)27-18(12)19(24)22-20-21-16(11-28-20)13-7-9-14(10-8-13)23-29(2,25)26/h3-11,23H,1-2H3,(H,21,22,24). The van der Waals surface area contributed by atoms with Crippen LogP contribution < -0.4 is 10.0 Å². The van der Waals surface area contributed by atoms with E-state index in [1.54, 1.807) is 24.3 Å². The summed E-state index contributed by atoms with van der Waals surface area (Å²) in [7, 11) is -3.32. The largest absolute Gasteiger partial charge is 0.451 e. The number of hydrogen-bond donors (Lipinski definition) is 2. The molecule has 9 heteroatoms. The Kier molecular flexibility index (Phi) is 4.85. The van der Waals surface area contributed by atoms with E-state index in [1.165, 1.54) is 11.3 Å². The molecule has 0 atom stereocenters. The third-order valence-corrected chi connectivity index (χ3v) is 5.62. The molecular weight excluding hydrogens is 410 g/mol. The number of amides is 1. The van der Waals surface area contributed by atoms with E-state index in [0.717, 1.165) is 22.8 Å². The predicted molar refractivity (Wildman–Crippen MR) is 115 cm³/mol. The first-order valence-corrected chi connectivity index (χ1v) is 11.4. The highest BCUT2D eigenvalue weighted by molar-refractivity contribution is 7.92. The van der Waals surface area contributed by atoms with Gasteiger partial charge in [0.05, 0.1) is 11.9 Å². The summed E-state index contributed by atoms with van der Waals surface area (Å²) in [6.45, 7) is 1.85. The third kappa shape index (κ3) is 4.15. The number of thiazole rings is 1. The van der Waals surface area contributed by atoms with Gasteiger partial charge in [0.2, 0.25) is 10.0 Å². The van der Waals surface area contributed by atoms with Gasteiger partial charge in [0.1, 0.15) is 5.58 Å². The van der Waals surface area contributed by atoms with Gasteiger partial charge in [0.15, 0.2) is 10.9 Å². The van der Waals surface area contributed by atoms with E-state index in [-0.39, 0.29) is 11.7 Å². The third-order valence-electron chi connectivity index (χ3n) is 4.26. The molecular formula is C20H17N3O4S2. The van der Waals surface area contributed by atoms with Crippen molar-refractivity contribution in [2.75, 3.05) is 16.3 Å². The van der Waals surface area contributed by atoms with Gasteiger partial charge in [0.25, 0.3) is 5.91 Å². The zero-order valence-electron chi connectivity index (χ0n) is 15.6. The Hall–Kier alpha value is -3.17. The summed E-state index contributed by atoms with van der Waals surface area (Å²) in [6.07, 6.45) is 1.10. The summed E-state index contributed by atoms with van der Waals surface area (Å²) < 4.78 is 30.7. The molecule has 7 nitrogen and oxygen atoms in total. The molecule has 0 saturated heterocycles. The van der Waals surface area contributed by atoms with Crippen LogP contribution in [0.2, 0.25) is 0 Å². The predicted octanol–water partition coefficient (Wildman–Crippen LogP) is 4.49. The molecule has 0 radical (unpaired) electrons. The second-order valence-electron chi connectivity index (χ2n) is 6.50. The van der Waals surface area contributed by atoms with Crippen molar-refractivity contribution in [3.63, 3.8) is 0 Å². The number of fused-ring (bicyclic) bond motifs is 1. The maximum atomic E-state index is 12.6. The Morgan fingerprint density at radius 3 is 2.52 bits per heavy atom. The van der Waals surface area contributed by atoms with E-state index >= 15 is 0 Å². The Balaban J connectivity index is 1.51. The van der Waals surface area contributed by atoms with Crippen LogP contribution in [0.25, 0.3) is 22.2 Å². The van der Waals surface area contributed by atoms with Crippen LogP contribution in [-0.2, 0) is 10.0 Å². The molecule has 2 heterocycles. The maximum absolute atomic E-state index is 12.6. The smallest absolute Gasteiger partial charge is 0.293 e.